The fourth-order valence-corrected chi connectivity index (χ4v) is 9.84. The Kier molecular flexibility index (Phi) is 14.2. The van der Waals surface area contributed by atoms with Gasteiger partial charge < -0.3 is 40.9 Å². The summed E-state index contributed by atoms with van der Waals surface area (Å²) in [6.07, 6.45) is 0.523. The van der Waals surface area contributed by atoms with Gasteiger partial charge in [0.05, 0.1) is 0 Å². The molecule has 3 atom stereocenters. The average Bonchev–Trinajstić information content (AvgIpc) is 3.73. The Balaban J connectivity index is 1.25. The van der Waals surface area contributed by atoms with Crippen LogP contribution in [-0.2, 0) is 43.1 Å². The summed E-state index contributed by atoms with van der Waals surface area (Å²) in [6, 6.07) is 18.3. The van der Waals surface area contributed by atoms with E-state index in [1.807, 2.05) is 0 Å². The average molecular weight is 955 g/mol. The number of amides is 7. The number of nitrogens with two attached hydrogens (primary N) is 1. The highest BCUT2D eigenvalue weighted by Gasteiger charge is 2.66. The van der Waals surface area contributed by atoms with Crippen molar-refractivity contribution in [3.8, 4) is 11.5 Å². The van der Waals surface area contributed by atoms with Gasteiger partial charge in [-0.3, -0.25) is 43.4 Å². The number of esters is 3. The van der Waals surface area contributed by atoms with Crippen molar-refractivity contribution in [2.45, 2.75) is 49.1 Å². The molecule has 22 nitrogen and oxygen atoms in total. The lowest BCUT2D eigenvalue weighted by molar-refractivity contribution is -0.164. The van der Waals surface area contributed by atoms with Crippen LogP contribution in [0.3, 0.4) is 0 Å². The van der Waals surface area contributed by atoms with Gasteiger partial charge in [-0.05, 0) is 41.3 Å². The van der Waals surface area contributed by atoms with E-state index < -0.39 is 70.8 Å². The number of thioether (sulfide) groups is 2. The second-order valence-electron chi connectivity index (χ2n) is 14.9. The van der Waals surface area contributed by atoms with Crippen molar-refractivity contribution in [2.24, 2.45) is 0 Å². The zero-order valence-electron chi connectivity index (χ0n) is 35.9. The van der Waals surface area contributed by atoms with Gasteiger partial charge in [0.1, 0.15) is 23.4 Å². The van der Waals surface area contributed by atoms with E-state index in [0.717, 1.165) is 48.3 Å². The van der Waals surface area contributed by atoms with Crippen molar-refractivity contribution < 1.29 is 57.4 Å². The third-order valence-electron chi connectivity index (χ3n) is 10.6. The summed E-state index contributed by atoms with van der Waals surface area (Å²) in [4.78, 5) is 123. The Hall–Kier alpha value is -7.73. The molecule has 348 valence electrons. The molecule has 2 saturated heterocycles. The minimum Gasteiger partial charge on any atom is -0.448 e. The van der Waals surface area contributed by atoms with Crippen molar-refractivity contribution in [2.75, 3.05) is 37.0 Å². The van der Waals surface area contributed by atoms with E-state index in [2.05, 4.69) is 26.1 Å². The molecule has 5 N–H and O–H groups in total. The van der Waals surface area contributed by atoms with E-state index >= 15 is 0 Å². The van der Waals surface area contributed by atoms with Gasteiger partial charge in [-0.2, -0.15) is 0 Å². The van der Waals surface area contributed by atoms with Gasteiger partial charge in [0.25, 0.3) is 5.91 Å². The van der Waals surface area contributed by atoms with Gasteiger partial charge in [-0.25, -0.2) is 14.3 Å². The number of hydrogen-bond donors (Lipinski definition) is 4. The number of piperazine rings is 1. The maximum absolute atomic E-state index is 14.8. The van der Waals surface area contributed by atoms with Crippen molar-refractivity contribution in [1.29, 1.82) is 0 Å². The van der Waals surface area contributed by atoms with Crippen molar-refractivity contribution >= 4 is 77.5 Å². The number of imide groups is 1. The molecule has 0 aliphatic carbocycles. The SMILES string of the molecule is CCN1CCN(C(=O)NC(C(=O)N[C@]2(NC=O)C(=O)N3C(C(=O)OC(c4ccccc4)c4ccccc4)=C(CSc4nncn4N)CS[C@H]32)c2ccc(OC(C)=O)c(OC(C)=O)c2)C(=O)C1=O. The maximum Gasteiger partial charge on any atom is 0.356 e. The van der Waals surface area contributed by atoms with E-state index in [4.69, 9.17) is 20.1 Å². The van der Waals surface area contributed by atoms with Crippen LogP contribution in [0.5, 0.6) is 11.5 Å². The van der Waals surface area contributed by atoms with Gasteiger partial charge in [-0.1, -0.05) is 78.5 Å². The number of nitrogens with zero attached hydrogens (tertiary/aromatic N) is 6. The fourth-order valence-electron chi connectivity index (χ4n) is 7.45. The van der Waals surface area contributed by atoms with Gasteiger partial charge in [0, 0.05) is 45.0 Å². The molecule has 0 radical (unpaired) electrons. The Morgan fingerprint density at radius 3 is 2.16 bits per heavy atom. The first-order valence-corrected chi connectivity index (χ1v) is 22.4. The molecule has 4 aromatic rings. The third-order valence-corrected chi connectivity index (χ3v) is 13.0. The van der Waals surface area contributed by atoms with Crippen LogP contribution in [0.4, 0.5) is 4.79 Å². The number of benzene rings is 3. The Labute approximate surface area is 389 Å². The van der Waals surface area contributed by atoms with Crippen LogP contribution in [0.25, 0.3) is 0 Å². The minimum atomic E-state index is -2.28. The number of carbonyl (C=O) groups excluding carboxylic acids is 9. The number of hydrogen-bond acceptors (Lipinski definition) is 17. The number of β-lactam (4-membered cyclic amide) rings is 1. The molecule has 67 heavy (non-hydrogen) atoms. The Morgan fingerprint density at radius 1 is 0.910 bits per heavy atom. The number of nitrogen functional groups attached to an aromatic ring is 1. The summed E-state index contributed by atoms with van der Waals surface area (Å²) >= 11 is 2.21. The van der Waals surface area contributed by atoms with Crippen molar-refractivity contribution in [3.05, 3.63) is 113 Å². The van der Waals surface area contributed by atoms with Crippen LogP contribution in [-0.4, -0.2) is 126 Å². The van der Waals surface area contributed by atoms with E-state index in [1.54, 1.807) is 67.6 Å². The molecule has 3 aliphatic rings. The van der Waals surface area contributed by atoms with Crippen molar-refractivity contribution in [1.82, 2.24) is 45.5 Å². The molecule has 0 bridgehead atoms. The first kappa shape index (κ1) is 47.2. The molecule has 3 aromatic carbocycles. The van der Waals surface area contributed by atoms with E-state index in [1.165, 1.54) is 28.0 Å². The second-order valence-corrected chi connectivity index (χ2v) is 16.9. The molecule has 7 rings (SSSR count). The first-order valence-electron chi connectivity index (χ1n) is 20.4. The van der Waals surface area contributed by atoms with Crippen LogP contribution in [0.2, 0.25) is 0 Å². The monoisotopic (exact) mass is 954 g/mol. The van der Waals surface area contributed by atoms with Crippen LogP contribution in [0.1, 0.15) is 49.6 Å². The molecule has 0 saturated carbocycles. The lowest BCUT2D eigenvalue weighted by Gasteiger charge is -2.56. The molecule has 4 heterocycles. The van der Waals surface area contributed by atoms with Crippen LogP contribution in [0.15, 0.2) is 102 Å². The molecule has 1 aromatic heterocycles. The minimum absolute atomic E-state index is 0.00274. The largest absolute Gasteiger partial charge is 0.448 e. The molecular formula is C43H42N10O12S2. The molecule has 3 aliphatic heterocycles. The predicted octanol–water partition coefficient (Wildman–Crippen LogP) is 1.14. The standard InChI is InChI=1S/C43H42N10O12S2/c1-4-50-17-18-51(37(59)36(50)58)41(62)47-32(28-15-16-30(63-24(2)55)31(19-28)64-25(3)56)35(57)48-43(45-23-54)39(61)53-33(29(20-66-40(43)53)21-67-42-49-46-22-52(42)44)38(60)65-34(26-11-7-5-8-12-26)27-13-9-6-10-14-27/h5-16,19,22-23,32,34,40H,4,17-18,20-21,44H2,1-3H3,(H,45,54)(H,47,62)(H,48,57)/t32?,40-,43+/m0/s1. The van der Waals surface area contributed by atoms with Gasteiger partial charge in [0.2, 0.25) is 23.1 Å². The zero-order valence-corrected chi connectivity index (χ0v) is 37.5. The lowest BCUT2D eigenvalue weighted by atomic mass is 9.94. The smallest absolute Gasteiger partial charge is 0.356 e. The quantitative estimate of drug-likeness (QED) is 0.0179. The third kappa shape index (κ3) is 9.79. The highest BCUT2D eigenvalue weighted by molar-refractivity contribution is 8.01. The van der Waals surface area contributed by atoms with Crippen molar-refractivity contribution in [3.63, 3.8) is 0 Å². The fraction of sp³-hybridized carbons (Fsp3) is 0.279. The van der Waals surface area contributed by atoms with Gasteiger partial charge >= 0.3 is 35.8 Å². The molecule has 1 unspecified atom stereocenters. The number of urea groups is 1. The summed E-state index contributed by atoms with van der Waals surface area (Å²) < 4.78 is 17.9. The van der Waals surface area contributed by atoms with Crippen LogP contribution >= 0.6 is 23.5 Å². The lowest BCUT2D eigenvalue weighted by Crippen LogP contribution is -2.85. The van der Waals surface area contributed by atoms with E-state index in [0.29, 0.717) is 26.8 Å². The van der Waals surface area contributed by atoms with E-state index in [9.17, 15) is 43.2 Å². The molecule has 0 spiro atoms. The summed E-state index contributed by atoms with van der Waals surface area (Å²) in [5.74, 6) is -1.29. The number of likely N-dealkylation sites (N-methyl/N-ethyl adjacent to an activating group) is 1. The predicted molar refractivity (Wildman–Crippen MR) is 236 cm³/mol. The molecule has 2 fully saturated rings. The number of rotatable bonds is 16. The van der Waals surface area contributed by atoms with Gasteiger partial charge in [0.15, 0.2) is 17.6 Å². The number of fused-ring (bicyclic) bond motifs is 1. The highest BCUT2D eigenvalue weighted by atomic mass is 32.2. The maximum atomic E-state index is 14.8. The zero-order chi connectivity index (χ0) is 48.0. The summed E-state index contributed by atoms with van der Waals surface area (Å²) in [6.45, 7) is 3.77. The summed E-state index contributed by atoms with van der Waals surface area (Å²) in [7, 11) is 0. The molecule has 24 heteroatoms. The summed E-state index contributed by atoms with van der Waals surface area (Å²) in [5.41, 5.74) is -0.919. The number of aromatic nitrogens is 3. The van der Waals surface area contributed by atoms with E-state index in [-0.39, 0.29) is 60.3 Å². The molecular weight excluding hydrogens is 913 g/mol. The van der Waals surface area contributed by atoms with Crippen LogP contribution in [0, 0.1) is 0 Å². The number of nitrogens with one attached hydrogen (secondary N) is 3. The second kappa shape index (κ2) is 20.2. The Bertz CT molecular complexity index is 2630. The topological polar surface area (TPSA) is 284 Å². The normalized spacial score (nSPS) is 18.4. The summed E-state index contributed by atoms with van der Waals surface area (Å²) in [5, 5.41) is 14.3. The molecule has 7 amide bonds. The first-order chi connectivity index (χ1) is 32.2. The Morgan fingerprint density at radius 2 is 1.57 bits per heavy atom. The van der Waals surface area contributed by atoms with Gasteiger partial charge in [-0.15, -0.1) is 22.0 Å². The van der Waals surface area contributed by atoms with Crippen LogP contribution < -0.4 is 31.3 Å². The highest BCUT2D eigenvalue weighted by Crippen LogP contribution is 2.47. The number of carbonyl (C=O) groups is 9. The number of ether oxygens (including phenoxy) is 3.